The number of hydrogen-bond acceptors (Lipinski definition) is 4. The molecule has 0 saturated heterocycles. The Morgan fingerprint density at radius 3 is 2.50 bits per heavy atom. The summed E-state index contributed by atoms with van der Waals surface area (Å²) < 4.78 is 17.9. The fourth-order valence-electron chi connectivity index (χ4n) is 1.10. The van der Waals surface area contributed by atoms with Crippen molar-refractivity contribution < 1.29 is 4.39 Å². The summed E-state index contributed by atoms with van der Waals surface area (Å²) in [5, 5.41) is 0. The molecule has 2 rings (SSSR count). The second kappa shape index (κ2) is 4.93. The Bertz CT molecular complexity index is 465. The van der Waals surface area contributed by atoms with Crippen molar-refractivity contribution in [3.8, 4) is 0 Å². The van der Waals surface area contributed by atoms with E-state index in [1.54, 1.807) is 12.1 Å². The van der Waals surface area contributed by atoms with Crippen molar-refractivity contribution in [3.63, 3.8) is 0 Å². The molecule has 0 unspecified atom stereocenters. The molecule has 0 radical (unpaired) electrons. The van der Waals surface area contributed by atoms with Gasteiger partial charge in [-0.05, 0) is 35.8 Å². The highest BCUT2D eigenvalue weighted by Crippen LogP contribution is 2.30. The molecule has 16 heavy (non-hydrogen) atoms. The van der Waals surface area contributed by atoms with Crippen LogP contribution in [-0.4, -0.2) is 9.36 Å². The lowest BCUT2D eigenvalue weighted by Gasteiger charge is -1.97. The largest absolute Gasteiger partial charge is 0.212 e. The highest BCUT2D eigenvalue weighted by molar-refractivity contribution is 8.01. The lowest BCUT2D eigenvalue weighted by molar-refractivity contribution is 0.626. The molecule has 0 spiro atoms. The van der Waals surface area contributed by atoms with Gasteiger partial charge in [0, 0.05) is 10.8 Å². The van der Waals surface area contributed by atoms with Gasteiger partial charge in [0.25, 0.3) is 0 Å². The average Bonchev–Trinajstić information content (AvgIpc) is 2.70. The second-order valence-corrected chi connectivity index (χ2v) is 5.70. The molecule has 0 N–H and O–H groups in total. The van der Waals surface area contributed by atoms with Gasteiger partial charge in [0.15, 0.2) is 4.34 Å². The molecular weight excluding hydrogens is 243 g/mol. The summed E-state index contributed by atoms with van der Waals surface area (Å²) in [6.45, 7) is 4.13. The topological polar surface area (TPSA) is 25.8 Å². The van der Waals surface area contributed by atoms with Crippen LogP contribution in [0.2, 0.25) is 0 Å². The molecule has 1 heterocycles. The summed E-state index contributed by atoms with van der Waals surface area (Å²) in [5.74, 6) is 0.998. The highest BCUT2D eigenvalue weighted by Gasteiger charge is 2.08. The minimum absolute atomic E-state index is 0.218. The van der Waals surface area contributed by atoms with Crippen LogP contribution in [0.25, 0.3) is 0 Å². The third kappa shape index (κ3) is 2.80. The molecule has 0 amide bonds. The first-order chi connectivity index (χ1) is 7.65. The van der Waals surface area contributed by atoms with Gasteiger partial charge >= 0.3 is 0 Å². The van der Waals surface area contributed by atoms with Crippen LogP contribution in [0.15, 0.2) is 33.5 Å². The van der Waals surface area contributed by atoms with Crippen LogP contribution in [0.1, 0.15) is 25.6 Å². The first-order valence-electron chi connectivity index (χ1n) is 4.92. The molecule has 0 fully saturated rings. The Kier molecular flexibility index (Phi) is 3.56. The third-order valence-electron chi connectivity index (χ3n) is 1.96. The number of benzene rings is 1. The van der Waals surface area contributed by atoms with Crippen LogP contribution in [0.3, 0.4) is 0 Å². The summed E-state index contributed by atoms with van der Waals surface area (Å²) in [7, 11) is 0. The summed E-state index contributed by atoms with van der Waals surface area (Å²) >= 11 is 2.90. The first kappa shape index (κ1) is 11.5. The van der Waals surface area contributed by atoms with Crippen molar-refractivity contribution in [2.75, 3.05) is 0 Å². The van der Waals surface area contributed by atoms with E-state index >= 15 is 0 Å². The first-order valence-corrected chi connectivity index (χ1v) is 6.51. The third-order valence-corrected chi connectivity index (χ3v) is 3.73. The molecule has 5 heteroatoms. The zero-order valence-electron chi connectivity index (χ0n) is 8.98. The Morgan fingerprint density at radius 2 is 1.94 bits per heavy atom. The molecule has 0 aliphatic heterocycles. The summed E-state index contributed by atoms with van der Waals surface area (Å²) in [4.78, 5) is 5.38. The van der Waals surface area contributed by atoms with E-state index in [0.717, 1.165) is 15.1 Å². The van der Waals surface area contributed by atoms with E-state index in [0.29, 0.717) is 5.92 Å². The van der Waals surface area contributed by atoms with Crippen LogP contribution in [0, 0.1) is 5.82 Å². The van der Waals surface area contributed by atoms with Crippen LogP contribution >= 0.6 is 23.3 Å². The van der Waals surface area contributed by atoms with Crippen LogP contribution in [-0.2, 0) is 0 Å². The smallest absolute Gasteiger partial charge is 0.174 e. The number of hydrogen-bond donors (Lipinski definition) is 0. The normalized spacial score (nSPS) is 11.0. The maximum atomic E-state index is 12.7. The van der Waals surface area contributed by atoms with Crippen molar-refractivity contribution in [2.24, 2.45) is 0 Å². The van der Waals surface area contributed by atoms with Gasteiger partial charge in [-0.25, -0.2) is 9.37 Å². The van der Waals surface area contributed by atoms with Gasteiger partial charge < -0.3 is 0 Å². The number of rotatable bonds is 3. The molecule has 0 saturated carbocycles. The standard InChI is InChI=1S/C11H11FN2S2/c1-7(2)10-13-11(16-14-10)15-9-5-3-8(12)4-6-9/h3-7H,1-2H3. The van der Waals surface area contributed by atoms with Crippen molar-refractivity contribution in [2.45, 2.75) is 29.0 Å². The Balaban J connectivity index is 2.11. The van der Waals surface area contributed by atoms with E-state index in [9.17, 15) is 4.39 Å². The minimum atomic E-state index is -0.218. The maximum absolute atomic E-state index is 12.7. The molecule has 0 bridgehead atoms. The number of aromatic nitrogens is 2. The Hall–Kier alpha value is -0.940. The Labute approximate surface area is 102 Å². The molecule has 2 nitrogen and oxygen atoms in total. The fraction of sp³-hybridized carbons (Fsp3) is 0.273. The molecule has 84 valence electrons. The van der Waals surface area contributed by atoms with E-state index in [4.69, 9.17) is 0 Å². The van der Waals surface area contributed by atoms with Crippen molar-refractivity contribution in [1.82, 2.24) is 9.36 Å². The summed E-state index contributed by atoms with van der Waals surface area (Å²) in [6.07, 6.45) is 0. The predicted octanol–water partition coefficient (Wildman–Crippen LogP) is 3.95. The predicted molar refractivity (Wildman–Crippen MR) is 64.5 cm³/mol. The zero-order valence-corrected chi connectivity index (χ0v) is 10.6. The molecule has 2 aromatic rings. The molecular formula is C11H11FN2S2. The van der Waals surface area contributed by atoms with Crippen molar-refractivity contribution >= 4 is 23.3 Å². The fourth-order valence-corrected chi connectivity index (χ4v) is 2.82. The van der Waals surface area contributed by atoms with Crippen molar-refractivity contribution in [3.05, 3.63) is 35.9 Å². The van der Waals surface area contributed by atoms with Gasteiger partial charge in [0.05, 0.1) is 0 Å². The lowest BCUT2D eigenvalue weighted by Crippen LogP contribution is -1.88. The zero-order chi connectivity index (χ0) is 11.5. The summed E-state index contributed by atoms with van der Waals surface area (Å²) in [6, 6.07) is 6.40. The molecule has 1 aromatic heterocycles. The van der Waals surface area contributed by atoms with Gasteiger partial charge in [0.2, 0.25) is 0 Å². The lowest BCUT2D eigenvalue weighted by atomic mass is 10.2. The van der Waals surface area contributed by atoms with E-state index in [1.165, 1.54) is 35.4 Å². The van der Waals surface area contributed by atoms with Crippen LogP contribution in [0.5, 0.6) is 0 Å². The van der Waals surface area contributed by atoms with Gasteiger partial charge in [-0.2, -0.15) is 4.37 Å². The SMILES string of the molecule is CC(C)c1nsc(Sc2ccc(F)cc2)n1. The van der Waals surface area contributed by atoms with Gasteiger partial charge in [0.1, 0.15) is 11.6 Å². The highest BCUT2D eigenvalue weighted by atomic mass is 32.2. The maximum Gasteiger partial charge on any atom is 0.174 e. The van der Waals surface area contributed by atoms with Crippen LogP contribution < -0.4 is 0 Å². The monoisotopic (exact) mass is 254 g/mol. The number of nitrogens with zero attached hydrogens (tertiary/aromatic N) is 2. The molecule has 0 atom stereocenters. The molecule has 0 aliphatic rings. The quantitative estimate of drug-likeness (QED) is 0.829. The Morgan fingerprint density at radius 1 is 1.25 bits per heavy atom. The molecule has 1 aromatic carbocycles. The van der Waals surface area contributed by atoms with E-state index in [-0.39, 0.29) is 5.82 Å². The van der Waals surface area contributed by atoms with E-state index in [2.05, 4.69) is 23.2 Å². The van der Waals surface area contributed by atoms with Crippen LogP contribution in [0.4, 0.5) is 4.39 Å². The van der Waals surface area contributed by atoms with Crippen molar-refractivity contribution in [1.29, 1.82) is 0 Å². The second-order valence-electron chi connectivity index (χ2n) is 3.63. The van der Waals surface area contributed by atoms with Gasteiger partial charge in [-0.1, -0.05) is 25.6 Å². The molecule has 0 aliphatic carbocycles. The van der Waals surface area contributed by atoms with Gasteiger partial charge in [-0.3, -0.25) is 0 Å². The minimum Gasteiger partial charge on any atom is -0.212 e. The van der Waals surface area contributed by atoms with E-state index < -0.39 is 0 Å². The number of halogens is 1. The average molecular weight is 254 g/mol. The summed E-state index contributed by atoms with van der Waals surface area (Å²) in [5.41, 5.74) is 0. The van der Waals surface area contributed by atoms with Gasteiger partial charge in [-0.15, -0.1) is 0 Å². The van der Waals surface area contributed by atoms with E-state index in [1.807, 2.05) is 0 Å².